The van der Waals surface area contributed by atoms with Crippen LogP contribution in [0.25, 0.3) is 0 Å². The lowest BCUT2D eigenvalue weighted by Crippen LogP contribution is -2.38. The summed E-state index contributed by atoms with van der Waals surface area (Å²) < 4.78 is 49.1. The molecule has 1 aliphatic heterocycles. The van der Waals surface area contributed by atoms with Gasteiger partial charge in [0.25, 0.3) is 0 Å². The second kappa shape index (κ2) is 6.44. The predicted molar refractivity (Wildman–Crippen MR) is 96.2 cm³/mol. The van der Waals surface area contributed by atoms with E-state index in [-0.39, 0.29) is 5.54 Å². The Morgan fingerprint density at radius 3 is 2.37 bits per heavy atom. The van der Waals surface area contributed by atoms with E-state index in [0.29, 0.717) is 11.7 Å². The van der Waals surface area contributed by atoms with E-state index in [2.05, 4.69) is 5.32 Å². The van der Waals surface area contributed by atoms with Gasteiger partial charge in [-0.1, -0.05) is 12.1 Å². The van der Waals surface area contributed by atoms with Crippen molar-refractivity contribution in [1.29, 1.82) is 0 Å². The van der Waals surface area contributed by atoms with Gasteiger partial charge >= 0.3 is 6.18 Å². The highest BCUT2D eigenvalue weighted by Gasteiger charge is 2.56. The molecular formula is C21H22F3NO2. The summed E-state index contributed by atoms with van der Waals surface area (Å²) >= 11 is 0. The Labute approximate surface area is 156 Å². The fraction of sp³-hybridized carbons (Fsp3) is 0.429. The third-order valence-corrected chi connectivity index (χ3v) is 5.79. The zero-order chi connectivity index (χ0) is 19.2. The van der Waals surface area contributed by atoms with Crippen LogP contribution in [-0.4, -0.2) is 20.8 Å². The molecule has 1 spiro atoms. The molecule has 0 amide bonds. The molecule has 1 fully saturated rings. The highest BCUT2D eigenvalue weighted by atomic mass is 19.4. The molecule has 2 aromatic carbocycles. The first-order valence-corrected chi connectivity index (χ1v) is 9.04. The van der Waals surface area contributed by atoms with Crippen LogP contribution in [0.2, 0.25) is 0 Å². The van der Waals surface area contributed by atoms with E-state index in [9.17, 15) is 13.2 Å². The van der Waals surface area contributed by atoms with Gasteiger partial charge in [-0.3, -0.25) is 0 Å². The lowest BCUT2D eigenvalue weighted by atomic mass is 9.89. The van der Waals surface area contributed by atoms with E-state index < -0.39 is 11.7 Å². The number of rotatable bonds is 4. The van der Waals surface area contributed by atoms with Gasteiger partial charge in [-0.2, -0.15) is 13.2 Å². The summed E-state index contributed by atoms with van der Waals surface area (Å²) in [6.07, 6.45) is -1.65. The van der Waals surface area contributed by atoms with Gasteiger partial charge in [0.1, 0.15) is 0 Å². The van der Waals surface area contributed by atoms with Gasteiger partial charge < -0.3 is 14.8 Å². The monoisotopic (exact) mass is 377 g/mol. The van der Waals surface area contributed by atoms with Crippen molar-refractivity contribution in [3.8, 4) is 11.5 Å². The molecule has 1 heterocycles. The molecule has 1 aliphatic carbocycles. The van der Waals surface area contributed by atoms with Crippen molar-refractivity contribution in [2.24, 2.45) is 5.92 Å². The molecule has 0 saturated heterocycles. The SMILES string of the molecule is COc1cc2c(cc1OC)C1(CC1Cc1ccc(C(F)(F)F)cc1)NCC2. The van der Waals surface area contributed by atoms with Gasteiger partial charge in [0.2, 0.25) is 0 Å². The molecule has 0 radical (unpaired) electrons. The zero-order valence-corrected chi connectivity index (χ0v) is 15.3. The highest BCUT2D eigenvalue weighted by molar-refractivity contribution is 5.53. The minimum absolute atomic E-state index is 0.115. The standard InChI is InChI=1S/C21H22F3NO2/c1-26-18-10-14-7-8-25-20(17(14)11-19(18)27-2)12-16(20)9-13-3-5-15(6-4-13)21(22,23)24/h3-6,10-11,16,25H,7-9,12H2,1-2H3. The predicted octanol–water partition coefficient (Wildman–Crippen LogP) is 4.33. The topological polar surface area (TPSA) is 30.5 Å². The quantitative estimate of drug-likeness (QED) is 0.861. The largest absolute Gasteiger partial charge is 0.493 e. The Bertz CT molecular complexity index is 848. The molecule has 2 aromatic rings. The highest BCUT2D eigenvalue weighted by Crippen LogP contribution is 2.57. The van der Waals surface area contributed by atoms with Crippen molar-refractivity contribution in [2.75, 3.05) is 20.8 Å². The van der Waals surface area contributed by atoms with Crippen molar-refractivity contribution in [1.82, 2.24) is 5.32 Å². The summed E-state index contributed by atoms with van der Waals surface area (Å²) in [6, 6.07) is 9.61. The van der Waals surface area contributed by atoms with Gasteiger partial charge in [-0.15, -0.1) is 0 Å². The number of alkyl halides is 3. The van der Waals surface area contributed by atoms with Gasteiger partial charge in [-0.05, 0) is 66.1 Å². The summed E-state index contributed by atoms with van der Waals surface area (Å²) in [4.78, 5) is 0. The number of ether oxygens (including phenoxy) is 2. The Hall–Kier alpha value is -2.21. The summed E-state index contributed by atoms with van der Waals surface area (Å²) in [5.41, 5.74) is 2.69. The van der Waals surface area contributed by atoms with Crippen LogP contribution < -0.4 is 14.8 Å². The first kappa shape index (κ1) is 18.2. The zero-order valence-electron chi connectivity index (χ0n) is 15.3. The van der Waals surface area contributed by atoms with E-state index in [1.54, 1.807) is 26.4 Å². The lowest BCUT2D eigenvalue weighted by molar-refractivity contribution is -0.137. The van der Waals surface area contributed by atoms with E-state index in [4.69, 9.17) is 9.47 Å². The molecule has 2 unspecified atom stereocenters. The van der Waals surface area contributed by atoms with E-state index in [0.717, 1.165) is 37.1 Å². The van der Waals surface area contributed by atoms with Crippen LogP contribution in [0.3, 0.4) is 0 Å². The number of halogens is 3. The minimum atomic E-state index is -4.29. The third kappa shape index (κ3) is 3.16. The molecule has 3 nitrogen and oxygen atoms in total. The van der Waals surface area contributed by atoms with Gasteiger partial charge in [0.15, 0.2) is 11.5 Å². The normalized spacial score (nSPS) is 23.8. The molecule has 2 atom stereocenters. The molecule has 6 heteroatoms. The average molecular weight is 377 g/mol. The molecule has 4 rings (SSSR count). The lowest BCUT2D eigenvalue weighted by Gasteiger charge is -2.29. The first-order chi connectivity index (χ1) is 12.9. The van der Waals surface area contributed by atoms with Gasteiger partial charge in [0.05, 0.1) is 19.8 Å². The smallest absolute Gasteiger partial charge is 0.416 e. The molecule has 1 N–H and O–H groups in total. The fourth-order valence-corrected chi connectivity index (χ4v) is 4.30. The summed E-state index contributed by atoms with van der Waals surface area (Å²) in [5, 5.41) is 3.64. The first-order valence-electron chi connectivity index (χ1n) is 9.04. The van der Waals surface area contributed by atoms with Crippen LogP contribution >= 0.6 is 0 Å². The molecule has 144 valence electrons. The summed E-state index contributed by atoms with van der Waals surface area (Å²) in [7, 11) is 3.26. The van der Waals surface area contributed by atoms with E-state index >= 15 is 0 Å². The van der Waals surface area contributed by atoms with Crippen LogP contribution in [0.5, 0.6) is 11.5 Å². The van der Waals surface area contributed by atoms with Crippen molar-refractivity contribution in [3.63, 3.8) is 0 Å². The Morgan fingerprint density at radius 1 is 1.07 bits per heavy atom. The Kier molecular flexibility index (Phi) is 4.34. The number of methoxy groups -OCH3 is 2. The summed E-state index contributed by atoms with van der Waals surface area (Å²) in [5.74, 6) is 1.79. The van der Waals surface area contributed by atoms with Crippen LogP contribution in [0.4, 0.5) is 13.2 Å². The van der Waals surface area contributed by atoms with Crippen molar-refractivity contribution >= 4 is 0 Å². The number of nitrogens with one attached hydrogen (secondary N) is 1. The van der Waals surface area contributed by atoms with E-state index in [1.807, 2.05) is 12.1 Å². The van der Waals surface area contributed by atoms with E-state index in [1.165, 1.54) is 23.3 Å². The van der Waals surface area contributed by atoms with Crippen molar-refractivity contribution < 1.29 is 22.6 Å². The van der Waals surface area contributed by atoms with Gasteiger partial charge in [-0.25, -0.2) is 0 Å². The Morgan fingerprint density at radius 2 is 1.74 bits per heavy atom. The van der Waals surface area contributed by atoms with Crippen LogP contribution in [-0.2, 0) is 24.6 Å². The fourth-order valence-electron chi connectivity index (χ4n) is 4.30. The Balaban J connectivity index is 1.57. The molecule has 27 heavy (non-hydrogen) atoms. The summed E-state index contributed by atoms with van der Waals surface area (Å²) in [6.45, 7) is 0.881. The number of benzene rings is 2. The van der Waals surface area contributed by atoms with Crippen molar-refractivity contribution in [3.05, 3.63) is 58.7 Å². The van der Waals surface area contributed by atoms with Gasteiger partial charge in [0, 0.05) is 12.1 Å². The van der Waals surface area contributed by atoms with Crippen LogP contribution in [0.1, 0.15) is 28.7 Å². The molecular weight excluding hydrogens is 355 g/mol. The molecule has 2 aliphatic rings. The third-order valence-electron chi connectivity index (χ3n) is 5.79. The van der Waals surface area contributed by atoms with Crippen molar-refractivity contribution in [2.45, 2.75) is 31.0 Å². The minimum Gasteiger partial charge on any atom is -0.493 e. The maximum atomic E-state index is 12.7. The second-order valence-electron chi connectivity index (χ2n) is 7.31. The number of fused-ring (bicyclic) bond motifs is 2. The molecule has 1 saturated carbocycles. The van der Waals surface area contributed by atoms with Crippen LogP contribution in [0, 0.1) is 5.92 Å². The molecule has 0 aromatic heterocycles. The molecule has 0 bridgehead atoms. The second-order valence-corrected chi connectivity index (χ2v) is 7.31. The maximum absolute atomic E-state index is 12.7. The maximum Gasteiger partial charge on any atom is 0.416 e. The van der Waals surface area contributed by atoms with Crippen LogP contribution in [0.15, 0.2) is 36.4 Å². The number of hydrogen-bond acceptors (Lipinski definition) is 3. The average Bonchev–Trinajstić information content (AvgIpc) is 3.33. The number of hydrogen-bond donors (Lipinski definition) is 1.